The van der Waals surface area contributed by atoms with Crippen molar-refractivity contribution in [2.75, 3.05) is 5.32 Å². The van der Waals surface area contributed by atoms with Gasteiger partial charge in [-0.1, -0.05) is 6.07 Å². The molecule has 0 bridgehead atoms. The summed E-state index contributed by atoms with van der Waals surface area (Å²) in [7, 11) is 0. The number of rotatable bonds is 4. The molecule has 0 aliphatic carbocycles. The van der Waals surface area contributed by atoms with Crippen molar-refractivity contribution in [3.63, 3.8) is 0 Å². The highest BCUT2D eigenvalue weighted by Crippen LogP contribution is 2.34. The van der Waals surface area contributed by atoms with E-state index in [1.165, 1.54) is 0 Å². The molecule has 3 N–H and O–H groups in total. The highest BCUT2D eigenvalue weighted by atomic mass is 16.7. The zero-order valence-corrected chi connectivity index (χ0v) is 13.1. The maximum atomic E-state index is 11.5. The van der Waals surface area contributed by atoms with Gasteiger partial charge >= 0.3 is 0 Å². The average Bonchev–Trinajstić information content (AvgIpc) is 2.39. The molecular weight excluding hydrogens is 268 g/mol. The number of fused-ring (bicyclic) bond motifs is 1. The van der Waals surface area contributed by atoms with E-state index in [1.54, 1.807) is 6.07 Å². The van der Waals surface area contributed by atoms with Crippen LogP contribution in [0.1, 0.15) is 45.2 Å². The molecule has 1 aromatic rings. The summed E-state index contributed by atoms with van der Waals surface area (Å²) in [5.41, 5.74) is 5.59. The van der Waals surface area contributed by atoms with Crippen LogP contribution in [0.15, 0.2) is 12.1 Å². The van der Waals surface area contributed by atoms with Gasteiger partial charge in [0.2, 0.25) is 5.91 Å². The first kappa shape index (κ1) is 15.8. The Morgan fingerprint density at radius 1 is 1.38 bits per heavy atom. The highest BCUT2D eigenvalue weighted by molar-refractivity contribution is 5.95. The van der Waals surface area contributed by atoms with Crippen molar-refractivity contribution in [1.29, 1.82) is 0 Å². The summed E-state index contributed by atoms with van der Waals surface area (Å²) >= 11 is 0. The number of benzene rings is 1. The Morgan fingerprint density at radius 3 is 2.76 bits per heavy atom. The molecule has 21 heavy (non-hydrogen) atoms. The molecule has 5 heteroatoms. The zero-order valence-electron chi connectivity index (χ0n) is 13.1. The molecule has 1 aromatic carbocycles. The standard InChI is InChI=1S/C16H24N2O3/c1-10(21-18-16(2,3)4)9-11-5-7-13(19)15-12(11)6-8-14(20)17-15/h5,7,10,18-19H,6,8-9H2,1-4H3,(H,17,20). The average molecular weight is 292 g/mol. The second-order valence-electron chi connectivity index (χ2n) is 6.63. The van der Waals surface area contributed by atoms with Crippen molar-refractivity contribution in [2.45, 2.75) is 58.6 Å². The minimum Gasteiger partial charge on any atom is -0.506 e. The first-order valence-corrected chi connectivity index (χ1v) is 7.32. The highest BCUT2D eigenvalue weighted by Gasteiger charge is 2.22. The molecule has 1 atom stereocenters. The van der Waals surface area contributed by atoms with Gasteiger partial charge in [0.05, 0.1) is 11.8 Å². The number of phenolic OH excluding ortho intramolecular Hbond substituents is 1. The topological polar surface area (TPSA) is 70.6 Å². The van der Waals surface area contributed by atoms with Crippen LogP contribution in [-0.2, 0) is 22.5 Å². The first-order valence-electron chi connectivity index (χ1n) is 7.32. The van der Waals surface area contributed by atoms with Crippen LogP contribution < -0.4 is 10.8 Å². The first-order chi connectivity index (χ1) is 9.76. The maximum Gasteiger partial charge on any atom is 0.224 e. The predicted octanol–water partition coefficient (Wildman–Crippen LogP) is 2.53. The van der Waals surface area contributed by atoms with E-state index < -0.39 is 0 Å². The minimum absolute atomic E-state index is 0.00417. The van der Waals surface area contributed by atoms with E-state index in [1.807, 2.05) is 33.8 Å². The third kappa shape index (κ3) is 4.19. The largest absolute Gasteiger partial charge is 0.506 e. The Hall–Kier alpha value is -1.59. The van der Waals surface area contributed by atoms with Crippen LogP contribution in [0.2, 0.25) is 0 Å². The Labute approximate surface area is 125 Å². The molecule has 0 radical (unpaired) electrons. The lowest BCUT2D eigenvalue weighted by atomic mass is 9.93. The third-order valence-electron chi connectivity index (χ3n) is 3.33. The number of hydroxylamine groups is 1. The Morgan fingerprint density at radius 2 is 2.10 bits per heavy atom. The summed E-state index contributed by atoms with van der Waals surface area (Å²) in [6, 6.07) is 3.53. The van der Waals surface area contributed by atoms with E-state index >= 15 is 0 Å². The molecule has 1 heterocycles. The Balaban J connectivity index is 2.11. The van der Waals surface area contributed by atoms with Gasteiger partial charge in [-0.05, 0) is 51.3 Å². The lowest BCUT2D eigenvalue weighted by Crippen LogP contribution is -2.38. The van der Waals surface area contributed by atoms with Gasteiger partial charge in [-0.2, -0.15) is 5.48 Å². The number of carbonyl (C=O) groups excluding carboxylic acids is 1. The smallest absolute Gasteiger partial charge is 0.224 e. The molecule has 5 nitrogen and oxygen atoms in total. The summed E-state index contributed by atoms with van der Waals surface area (Å²) in [5, 5.41) is 12.6. The molecule has 116 valence electrons. The van der Waals surface area contributed by atoms with E-state index in [0.29, 0.717) is 18.5 Å². The lowest BCUT2D eigenvalue weighted by molar-refractivity contribution is -0.116. The van der Waals surface area contributed by atoms with E-state index in [2.05, 4.69) is 10.8 Å². The normalized spacial score (nSPS) is 16.3. The van der Waals surface area contributed by atoms with Gasteiger partial charge in [-0.25, -0.2) is 0 Å². The van der Waals surface area contributed by atoms with Crippen molar-refractivity contribution in [2.24, 2.45) is 0 Å². The molecule has 0 aromatic heterocycles. The molecule has 0 fully saturated rings. The number of nitrogens with one attached hydrogen (secondary N) is 2. The van der Waals surface area contributed by atoms with Crippen molar-refractivity contribution in [3.05, 3.63) is 23.3 Å². The third-order valence-corrected chi connectivity index (χ3v) is 3.33. The van der Waals surface area contributed by atoms with Gasteiger partial charge < -0.3 is 10.4 Å². The van der Waals surface area contributed by atoms with Gasteiger partial charge in [-0.3, -0.25) is 9.63 Å². The van der Waals surface area contributed by atoms with Gasteiger partial charge in [-0.15, -0.1) is 0 Å². The van der Waals surface area contributed by atoms with Crippen LogP contribution >= 0.6 is 0 Å². The predicted molar refractivity (Wildman–Crippen MR) is 82.2 cm³/mol. The van der Waals surface area contributed by atoms with Crippen LogP contribution in [0.5, 0.6) is 5.75 Å². The SMILES string of the molecule is CC(Cc1ccc(O)c2c1CCC(=O)N2)ONC(C)(C)C. The summed E-state index contributed by atoms with van der Waals surface area (Å²) in [4.78, 5) is 17.1. The van der Waals surface area contributed by atoms with Crippen molar-refractivity contribution in [3.8, 4) is 5.75 Å². The van der Waals surface area contributed by atoms with Crippen LogP contribution in [0, 0.1) is 0 Å². The molecular formula is C16H24N2O3. The number of phenols is 1. The monoisotopic (exact) mass is 292 g/mol. The van der Waals surface area contributed by atoms with E-state index in [9.17, 15) is 9.90 Å². The Kier molecular flexibility index (Phi) is 4.54. The van der Waals surface area contributed by atoms with Crippen molar-refractivity contribution < 1.29 is 14.7 Å². The number of anilines is 1. The molecule has 1 aliphatic rings. The number of carbonyl (C=O) groups is 1. The molecule has 0 saturated heterocycles. The fraction of sp³-hybridized carbons (Fsp3) is 0.562. The quantitative estimate of drug-likeness (QED) is 0.589. The molecule has 0 saturated carbocycles. The summed E-state index contributed by atoms with van der Waals surface area (Å²) in [5.74, 6) is 0.0804. The van der Waals surface area contributed by atoms with Gasteiger partial charge in [0.15, 0.2) is 0 Å². The summed E-state index contributed by atoms with van der Waals surface area (Å²) < 4.78 is 0. The van der Waals surface area contributed by atoms with E-state index in [0.717, 1.165) is 17.5 Å². The number of aromatic hydroxyl groups is 1. The molecule has 1 amide bonds. The number of hydrogen-bond donors (Lipinski definition) is 3. The lowest BCUT2D eigenvalue weighted by Gasteiger charge is -2.25. The number of hydrogen-bond acceptors (Lipinski definition) is 4. The molecule has 0 spiro atoms. The molecule has 1 unspecified atom stereocenters. The van der Waals surface area contributed by atoms with Crippen LogP contribution in [0.3, 0.4) is 0 Å². The second kappa shape index (κ2) is 6.03. The minimum atomic E-state index is -0.101. The maximum absolute atomic E-state index is 11.5. The number of amides is 1. The fourth-order valence-electron chi connectivity index (χ4n) is 2.36. The van der Waals surface area contributed by atoms with Crippen LogP contribution in [-0.4, -0.2) is 22.7 Å². The van der Waals surface area contributed by atoms with Crippen LogP contribution in [0.4, 0.5) is 5.69 Å². The Bertz CT molecular complexity index is 535. The summed E-state index contributed by atoms with van der Waals surface area (Å²) in [6.45, 7) is 8.12. The van der Waals surface area contributed by atoms with E-state index in [4.69, 9.17) is 4.84 Å². The molecule has 2 rings (SSSR count). The second-order valence-corrected chi connectivity index (χ2v) is 6.63. The van der Waals surface area contributed by atoms with Crippen molar-refractivity contribution in [1.82, 2.24) is 5.48 Å². The van der Waals surface area contributed by atoms with Crippen molar-refractivity contribution >= 4 is 11.6 Å². The zero-order chi connectivity index (χ0) is 15.6. The molecule has 1 aliphatic heterocycles. The van der Waals surface area contributed by atoms with Gasteiger partial charge in [0.25, 0.3) is 0 Å². The van der Waals surface area contributed by atoms with Gasteiger partial charge in [0.1, 0.15) is 5.75 Å². The summed E-state index contributed by atoms with van der Waals surface area (Å²) in [6.07, 6.45) is 1.83. The fourth-order valence-corrected chi connectivity index (χ4v) is 2.36. The van der Waals surface area contributed by atoms with E-state index in [-0.39, 0.29) is 23.3 Å². The van der Waals surface area contributed by atoms with Crippen LogP contribution in [0.25, 0.3) is 0 Å². The van der Waals surface area contributed by atoms with Gasteiger partial charge in [0, 0.05) is 18.4 Å².